The molecule has 5 heteroatoms. The van der Waals surface area contributed by atoms with E-state index >= 15 is 0 Å². The molecular formula is C11H17N3O2. The van der Waals surface area contributed by atoms with E-state index in [0.29, 0.717) is 13.2 Å². The lowest BCUT2D eigenvalue weighted by Crippen LogP contribution is -2.37. The van der Waals surface area contributed by atoms with Gasteiger partial charge in [0.05, 0.1) is 18.2 Å². The van der Waals surface area contributed by atoms with Crippen LogP contribution in [-0.2, 0) is 9.53 Å². The van der Waals surface area contributed by atoms with Gasteiger partial charge >= 0.3 is 5.97 Å². The maximum absolute atomic E-state index is 11.7. The molecule has 1 aromatic heterocycles. The molecule has 0 aromatic carbocycles. The fourth-order valence-corrected chi connectivity index (χ4v) is 2.05. The van der Waals surface area contributed by atoms with Crippen molar-refractivity contribution in [2.24, 2.45) is 5.92 Å². The van der Waals surface area contributed by atoms with E-state index < -0.39 is 0 Å². The Morgan fingerprint density at radius 3 is 3.19 bits per heavy atom. The lowest BCUT2D eigenvalue weighted by molar-refractivity contribution is -0.149. The van der Waals surface area contributed by atoms with Gasteiger partial charge in [0.2, 0.25) is 5.95 Å². The predicted octanol–water partition coefficient (Wildman–Crippen LogP) is 1.36. The summed E-state index contributed by atoms with van der Waals surface area (Å²) in [6.45, 7) is 6.81. The Hall–Kier alpha value is -1.52. The minimum atomic E-state index is -0.139. The number of anilines is 1. The van der Waals surface area contributed by atoms with E-state index in [4.69, 9.17) is 4.74 Å². The lowest BCUT2D eigenvalue weighted by atomic mass is 10.00. The molecule has 88 valence electrons. The number of esters is 1. The Morgan fingerprint density at radius 2 is 2.50 bits per heavy atom. The van der Waals surface area contributed by atoms with Crippen LogP contribution in [0.5, 0.6) is 0 Å². The molecular weight excluding hydrogens is 206 g/mol. The summed E-state index contributed by atoms with van der Waals surface area (Å²) in [7, 11) is 0. The van der Waals surface area contributed by atoms with Crippen molar-refractivity contribution in [2.75, 3.05) is 18.5 Å². The summed E-state index contributed by atoms with van der Waals surface area (Å²) < 4.78 is 7.06. The van der Waals surface area contributed by atoms with Gasteiger partial charge in [-0.3, -0.25) is 4.79 Å². The highest BCUT2D eigenvalue weighted by Crippen LogP contribution is 2.28. The van der Waals surface area contributed by atoms with E-state index in [1.54, 1.807) is 0 Å². The average molecular weight is 223 g/mol. The average Bonchev–Trinajstić information content (AvgIpc) is 2.60. The van der Waals surface area contributed by atoms with Gasteiger partial charge < -0.3 is 14.6 Å². The van der Waals surface area contributed by atoms with Gasteiger partial charge in [-0.25, -0.2) is 4.98 Å². The van der Waals surface area contributed by atoms with E-state index in [1.807, 2.05) is 31.5 Å². The second kappa shape index (κ2) is 4.15. The number of nitrogens with one attached hydrogen (secondary N) is 1. The summed E-state index contributed by atoms with van der Waals surface area (Å²) in [4.78, 5) is 16.1. The van der Waals surface area contributed by atoms with Crippen molar-refractivity contribution in [3.63, 3.8) is 0 Å². The van der Waals surface area contributed by atoms with Crippen LogP contribution in [0.3, 0.4) is 0 Å². The third-order valence-corrected chi connectivity index (χ3v) is 2.94. The Morgan fingerprint density at radius 1 is 1.75 bits per heavy atom. The van der Waals surface area contributed by atoms with Crippen molar-refractivity contribution in [1.82, 2.24) is 9.55 Å². The smallest absolute Gasteiger partial charge is 0.312 e. The van der Waals surface area contributed by atoms with Crippen molar-refractivity contribution >= 4 is 11.9 Å². The largest absolute Gasteiger partial charge is 0.466 e. The molecule has 2 unspecified atom stereocenters. The highest BCUT2D eigenvalue weighted by atomic mass is 16.5. The van der Waals surface area contributed by atoms with Gasteiger partial charge in [0, 0.05) is 18.8 Å². The number of carbonyl (C=O) groups excluding carboxylic acids is 1. The molecule has 0 aliphatic carbocycles. The van der Waals surface area contributed by atoms with Crippen LogP contribution in [0.15, 0.2) is 6.20 Å². The van der Waals surface area contributed by atoms with E-state index in [-0.39, 0.29) is 17.9 Å². The molecule has 16 heavy (non-hydrogen) atoms. The third kappa shape index (κ3) is 1.77. The molecule has 0 amide bonds. The first-order valence-electron chi connectivity index (χ1n) is 5.59. The highest BCUT2D eigenvalue weighted by molar-refractivity contribution is 5.74. The van der Waals surface area contributed by atoms with E-state index in [9.17, 15) is 4.79 Å². The van der Waals surface area contributed by atoms with Crippen molar-refractivity contribution in [2.45, 2.75) is 26.8 Å². The van der Waals surface area contributed by atoms with Crippen LogP contribution >= 0.6 is 0 Å². The van der Waals surface area contributed by atoms with Crippen molar-refractivity contribution in [3.8, 4) is 0 Å². The van der Waals surface area contributed by atoms with Crippen LogP contribution in [0.25, 0.3) is 0 Å². The van der Waals surface area contributed by atoms with E-state index in [0.717, 1.165) is 11.6 Å². The summed E-state index contributed by atoms with van der Waals surface area (Å²) in [5.74, 6) is 0.561. The molecule has 2 heterocycles. The second-order valence-corrected chi connectivity index (χ2v) is 4.09. The van der Waals surface area contributed by atoms with Crippen LogP contribution in [-0.4, -0.2) is 28.7 Å². The zero-order valence-corrected chi connectivity index (χ0v) is 9.86. The molecule has 1 aliphatic heterocycles. The minimum Gasteiger partial charge on any atom is -0.466 e. The molecule has 0 radical (unpaired) electrons. The van der Waals surface area contributed by atoms with Gasteiger partial charge in [0.25, 0.3) is 0 Å². The standard InChI is InChI=1S/C11H17N3O2/c1-4-16-10(15)9-5-12-11-13-7(2)6-14(11)8(9)3/h6,8-9H,4-5H2,1-3H3,(H,12,13). The topological polar surface area (TPSA) is 56.1 Å². The normalized spacial score (nSPS) is 23.4. The molecule has 0 saturated heterocycles. The molecule has 0 spiro atoms. The summed E-state index contributed by atoms with van der Waals surface area (Å²) in [6, 6.07) is 0.0940. The molecule has 0 bridgehead atoms. The van der Waals surface area contributed by atoms with Crippen LogP contribution < -0.4 is 5.32 Å². The van der Waals surface area contributed by atoms with Crippen LogP contribution in [0.2, 0.25) is 0 Å². The SMILES string of the molecule is CCOC(=O)C1CNc2nc(C)cn2C1C. The number of imidazole rings is 1. The van der Waals surface area contributed by atoms with Gasteiger partial charge in [-0.2, -0.15) is 0 Å². The van der Waals surface area contributed by atoms with Crippen molar-refractivity contribution in [1.29, 1.82) is 0 Å². The second-order valence-electron chi connectivity index (χ2n) is 4.09. The maximum Gasteiger partial charge on any atom is 0.312 e. The Bertz CT molecular complexity index is 400. The van der Waals surface area contributed by atoms with Gasteiger partial charge in [-0.15, -0.1) is 0 Å². The number of hydrogen-bond donors (Lipinski definition) is 1. The first kappa shape index (κ1) is 11.0. The predicted molar refractivity (Wildman–Crippen MR) is 60.3 cm³/mol. The van der Waals surface area contributed by atoms with Gasteiger partial charge in [0.15, 0.2) is 0 Å². The summed E-state index contributed by atoms with van der Waals surface area (Å²) in [5.41, 5.74) is 0.957. The summed E-state index contributed by atoms with van der Waals surface area (Å²) in [6.07, 6.45) is 1.96. The number of rotatable bonds is 2. The van der Waals surface area contributed by atoms with Gasteiger partial charge in [0.1, 0.15) is 0 Å². The molecule has 5 nitrogen and oxygen atoms in total. The maximum atomic E-state index is 11.7. The number of aryl methyl sites for hydroxylation is 1. The van der Waals surface area contributed by atoms with E-state index in [2.05, 4.69) is 10.3 Å². The Labute approximate surface area is 94.8 Å². The molecule has 1 aliphatic rings. The molecule has 2 rings (SSSR count). The van der Waals surface area contributed by atoms with Crippen molar-refractivity contribution in [3.05, 3.63) is 11.9 Å². The number of carbonyl (C=O) groups is 1. The van der Waals surface area contributed by atoms with E-state index in [1.165, 1.54) is 0 Å². The number of nitrogens with zero attached hydrogens (tertiary/aromatic N) is 2. The summed E-state index contributed by atoms with van der Waals surface area (Å²) in [5, 5.41) is 3.15. The first-order valence-corrected chi connectivity index (χ1v) is 5.59. The van der Waals surface area contributed by atoms with Crippen LogP contribution in [0.4, 0.5) is 5.95 Å². The first-order chi connectivity index (χ1) is 7.63. The van der Waals surface area contributed by atoms with Crippen molar-refractivity contribution < 1.29 is 9.53 Å². The zero-order chi connectivity index (χ0) is 11.7. The van der Waals surface area contributed by atoms with Crippen LogP contribution in [0.1, 0.15) is 25.6 Å². The number of hydrogen-bond acceptors (Lipinski definition) is 4. The van der Waals surface area contributed by atoms with Gasteiger partial charge in [-0.1, -0.05) is 0 Å². The van der Waals surface area contributed by atoms with Gasteiger partial charge in [-0.05, 0) is 20.8 Å². The Kier molecular flexibility index (Phi) is 2.85. The third-order valence-electron chi connectivity index (χ3n) is 2.94. The number of ether oxygens (including phenoxy) is 1. The minimum absolute atomic E-state index is 0.0940. The quantitative estimate of drug-likeness (QED) is 0.769. The van der Waals surface area contributed by atoms with Crippen LogP contribution in [0, 0.1) is 12.8 Å². The molecule has 2 atom stereocenters. The summed E-state index contributed by atoms with van der Waals surface area (Å²) >= 11 is 0. The fraction of sp³-hybridized carbons (Fsp3) is 0.636. The fourth-order valence-electron chi connectivity index (χ4n) is 2.05. The zero-order valence-electron chi connectivity index (χ0n) is 9.86. The number of aromatic nitrogens is 2. The molecule has 1 N–H and O–H groups in total. The lowest BCUT2D eigenvalue weighted by Gasteiger charge is -2.29. The molecule has 0 saturated carbocycles. The molecule has 0 fully saturated rings. The highest BCUT2D eigenvalue weighted by Gasteiger charge is 2.32. The Balaban J connectivity index is 2.20. The molecule has 1 aromatic rings. The number of fused-ring (bicyclic) bond motifs is 1. The monoisotopic (exact) mass is 223 g/mol.